The van der Waals surface area contributed by atoms with Gasteiger partial charge in [-0.1, -0.05) is 31.4 Å². The summed E-state index contributed by atoms with van der Waals surface area (Å²) in [5.41, 5.74) is 6.01. The summed E-state index contributed by atoms with van der Waals surface area (Å²) in [7, 11) is 0. The number of Topliss-reactive ketones (excluding diaryl/α,β-unsaturated/α-hetero) is 1. The van der Waals surface area contributed by atoms with Crippen LogP contribution in [0, 0.1) is 0 Å². The number of hydrogen-bond donors (Lipinski definition) is 1. The maximum absolute atomic E-state index is 12.3. The van der Waals surface area contributed by atoms with Crippen LogP contribution in [-0.2, 0) is 11.2 Å². The SMILES string of the molecule is NC1(C(=O)Cc2ccc(OC(F)(F)F)cc2)CCCCC1. The first kappa shape index (κ1) is 15.8. The summed E-state index contributed by atoms with van der Waals surface area (Å²) in [6.45, 7) is 0. The van der Waals surface area contributed by atoms with Crippen molar-refractivity contribution in [3.63, 3.8) is 0 Å². The molecule has 0 amide bonds. The third-order valence-corrected chi connectivity index (χ3v) is 3.82. The topological polar surface area (TPSA) is 52.3 Å². The molecular weight excluding hydrogens is 283 g/mol. The Morgan fingerprint density at radius 2 is 1.71 bits per heavy atom. The Bertz CT molecular complexity index is 491. The first-order chi connectivity index (χ1) is 9.78. The molecule has 1 fully saturated rings. The minimum atomic E-state index is -4.71. The summed E-state index contributed by atoms with van der Waals surface area (Å²) in [5, 5.41) is 0. The second-order valence-electron chi connectivity index (χ2n) is 5.51. The fourth-order valence-electron chi connectivity index (χ4n) is 2.63. The van der Waals surface area contributed by atoms with Crippen LogP contribution in [0.5, 0.6) is 5.75 Å². The maximum atomic E-state index is 12.3. The fourth-order valence-corrected chi connectivity index (χ4v) is 2.63. The molecule has 2 N–H and O–H groups in total. The van der Waals surface area contributed by atoms with E-state index in [9.17, 15) is 18.0 Å². The minimum absolute atomic E-state index is 0.0494. The highest BCUT2D eigenvalue weighted by atomic mass is 19.4. The van der Waals surface area contributed by atoms with Gasteiger partial charge in [-0.05, 0) is 30.5 Å². The van der Waals surface area contributed by atoms with E-state index in [4.69, 9.17) is 5.73 Å². The Morgan fingerprint density at radius 1 is 1.14 bits per heavy atom. The third kappa shape index (κ3) is 4.46. The van der Waals surface area contributed by atoms with E-state index in [-0.39, 0.29) is 18.0 Å². The molecule has 0 spiro atoms. The summed E-state index contributed by atoms with van der Waals surface area (Å²) < 4.78 is 39.9. The smallest absolute Gasteiger partial charge is 0.406 e. The zero-order valence-electron chi connectivity index (χ0n) is 11.6. The molecule has 1 aromatic carbocycles. The van der Waals surface area contributed by atoms with Gasteiger partial charge in [-0.3, -0.25) is 4.79 Å². The van der Waals surface area contributed by atoms with Crippen molar-refractivity contribution in [1.29, 1.82) is 0 Å². The zero-order chi connectivity index (χ0) is 15.5. The van der Waals surface area contributed by atoms with Gasteiger partial charge in [0.25, 0.3) is 0 Å². The largest absolute Gasteiger partial charge is 0.573 e. The standard InChI is InChI=1S/C15H18F3NO2/c16-15(17,18)21-12-6-4-11(5-7-12)10-13(20)14(19)8-2-1-3-9-14/h4-7H,1-3,8-10,19H2. The van der Waals surface area contributed by atoms with Gasteiger partial charge in [-0.25, -0.2) is 0 Å². The van der Waals surface area contributed by atoms with E-state index in [1.54, 1.807) is 0 Å². The molecule has 6 heteroatoms. The molecule has 0 bridgehead atoms. The van der Waals surface area contributed by atoms with Crippen molar-refractivity contribution in [2.45, 2.75) is 50.4 Å². The normalized spacial score (nSPS) is 18.3. The molecule has 21 heavy (non-hydrogen) atoms. The van der Waals surface area contributed by atoms with E-state index in [0.717, 1.165) is 19.3 Å². The van der Waals surface area contributed by atoms with Gasteiger partial charge in [0, 0.05) is 6.42 Å². The molecule has 0 saturated heterocycles. The lowest BCUT2D eigenvalue weighted by molar-refractivity contribution is -0.274. The zero-order valence-corrected chi connectivity index (χ0v) is 11.6. The van der Waals surface area contributed by atoms with Crippen LogP contribution >= 0.6 is 0 Å². The minimum Gasteiger partial charge on any atom is -0.406 e. The van der Waals surface area contributed by atoms with Gasteiger partial charge in [0.2, 0.25) is 0 Å². The maximum Gasteiger partial charge on any atom is 0.573 e. The number of carbonyl (C=O) groups is 1. The quantitative estimate of drug-likeness (QED) is 0.927. The van der Waals surface area contributed by atoms with Crippen LogP contribution in [0.25, 0.3) is 0 Å². The Morgan fingerprint density at radius 3 is 2.24 bits per heavy atom. The van der Waals surface area contributed by atoms with E-state index < -0.39 is 11.9 Å². The molecular formula is C15H18F3NO2. The number of ether oxygens (including phenoxy) is 1. The van der Waals surface area contributed by atoms with E-state index in [2.05, 4.69) is 4.74 Å². The molecule has 0 radical (unpaired) electrons. The first-order valence-electron chi connectivity index (χ1n) is 6.95. The number of rotatable bonds is 4. The summed E-state index contributed by atoms with van der Waals surface area (Å²) in [6, 6.07) is 5.34. The molecule has 1 aliphatic rings. The van der Waals surface area contributed by atoms with Crippen molar-refractivity contribution < 1.29 is 22.7 Å². The van der Waals surface area contributed by atoms with Gasteiger partial charge >= 0.3 is 6.36 Å². The number of alkyl halides is 3. The summed E-state index contributed by atoms with van der Waals surface area (Å²) in [4.78, 5) is 12.3. The molecule has 0 heterocycles. The van der Waals surface area contributed by atoms with Crippen molar-refractivity contribution in [2.24, 2.45) is 5.73 Å². The molecule has 0 aliphatic heterocycles. The summed E-state index contributed by atoms with van der Waals surface area (Å²) >= 11 is 0. The monoisotopic (exact) mass is 301 g/mol. The molecule has 0 aromatic heterocycles. The van der Waals surface area contributed by atoms with Gasteiger partial charge in [-0.15, -0.1) is 13.2 Å². The molecule has 2 rings (SSSR count). The predicted molar refractivity (Wildman–Crippen MR) is 71.8 cm³/mol. The van der Waals surface area contributed by atoms with Crippen molar-refractivity contribution in [1.82, 2.24) is 0 Å². The second kappa shape index (κ2) is 6.05. The predicted octanol–water partition coefficient (Wildman–Crippen LogP) is 3.36. The number of hydrogen-bond acceptors (Lipinski definition) is 3. The molecule has 0 unspecified atom stereocenters. The Labute approximate surface area is 121 Å². The molecule has 0 atom stereocenters. The van der Waals surface area contributed by atoms with Crippen LogP contribution in [0.1, 0.15) is 37.7 Å². The number of nitrogens with two attached hydrogens (primary N) is 1. The average Bonchev–Trinajstić information content (AvgIpc) is 2.40. The molecule has 1 aromatic rings. The lowest BCUT2D eigenvalue weighted by atomic mass is 9.78. The highest BCUT2D eigenvalue weighted by molar-refractivity contribution is 5.90. The molecule has 1 saturated carbocycles. The second-order valence-corrected chi connectivity index (χ2v) is 5.51. The number of halogens is 3. The van der Waals surface area contributed by atoms with Crippen LogP contribution in [0.15, 0.2) is 24.3 Å². The summed E-state index contributed by atoms with van der Waals surface area (Å²) in [6.07, 6.45) is -0.220. The lowest BCUT2D eigenvalue weighted by Crippen LogP contribution is -2.50. The summed E-state index contributed by atoms with van der Waals surface area (Å²) in [5.74, 6) is -0.342. The van der Waals surface area contributed by atoms with Crippen LogP contribution < -0.4 is 10.5 Å². The van der Waals surface area contributed by atoms with Gasteiger partial charge in [0.05, 0.1) is 5.54 Å². The molecule has 3 nitrogen and oxygen atoms in total. The van der Waals surface area contributed by atoms with Crippen molar-refractivity contribution in [3.05, 3.63) is 29.8 Å². The molecule has 116 valence electrons. The highest BCUT2D eigenvalue weighted by Gasteiger charge is 2.34. The first-order valence-corrected chi connectivity index (χ1v) is 6.95. The van der Waals surface area contributed by atoms with Gasteiger partial charge < -0.3 is 10.5 Å². The Kier molecular flexibility index (Phi) is 4.56. The van der Waals surface area contributed by atoms with Gasteiger partial charge in [0.15, 0.2) is 5.78 Å². The van der Waals surface area contributed by atoms with Crippen LogP contribution in [0.4, 0.5) is 13.2 Å². The Hall–Kier alpha value is -1.56. The van der Waals surface area contributed by atoms with Crippen molar-refractivity contribution in [2.75, 3.05) is 0 Å². The van der Waals surface area contributed by atoms with Crippen molar-refractivity contribution in [3.8, 4) is 5.75 Å². The highest BCUT2D eigenvalue weighted by Crippen LogP contribution is 2.28. The van der Waals surface area contributed by atoms with Crippen molar-refractivity contribution >= 4 is 5.78 Å². The number of benzene rings is 1. The molecule has 1 aliphatic carbocycles. The van der Waals surface area contributed by atoms with E-state index in [1.165, 1.54) is 24.3 Å². The van der Waals surface area contributed by atoms with Crippen LogP contribution in [0.3, 0.4) is 0 Å². The Balaban J connectivity index is 1.98. The van der Waals surface area contributed by atoms with Gasteiger partial charge in [0.1, 0.15) is 5.75 Å². The van der Waals surface area contributed by atoms with Crippen LogP contribution in [-0.4, -0.2) is 17.7 Å². The van der Waals surface area contributed by atoms with E-state index >= 15 is 0 Å². The third-order valence-electron chi connectivity index (χ3n) is 3.82. The lowest BCUT2D eigenvalue weighted by Gasteiger charge is -2.31. The fraction of sp³-hybridized carbons (Fsp3) is 0.533. The van der Waals surface area contributed by atoms with Gasteiger partial charge in [-0.2, -0.15) is 0 Å². The van der Waals surface area contributed by atoms with E-state index in [1.807, 2.05) is 0 Å². The van der Waals surface area contributed by atoms with E-state index in [0.29, 0.717) is 18.4 Å². The average molecular weight is 301 g/mol. The number of ketones is 1. The number of carbonyl (C=O) groups excluding carboxylic acids is 1. The van der Waals surface area contributed by atoms with Crippen LogP contribution in [0.2, 0.25) is 0 Å².